The molecule has 0 saturated carbocycles. The van der Waals surface area contributed by atoms with E-state index in [4.69, 9.17) is 4.74 Å². The number of likely N-dealkylation sites (tertiary alicyclic amines) is 1. The number of carbonyl (C=O) groups is 1. The first-order valence-electron chi connectivity index (χ1n) is 13.4. The van der Waals surface area contributed by atoms with E-state index in [1.807, 2.05) is 54.3 Å². The summed E-state index contributed by atoms with van der Waals surface area (Å²) in [6, 6.07) is 22.9. The Kier molecular flexibility index (Phi) is 8.80. The molecule has 0 radical (unpaired) electrons. The summed E-state index contributed by atoms with van der Waals surface area (Å²) in [5, 5.41) is 0. The fourth-order valence-electron chi connectivity index (χ4n) is 5.28. The molecule has 3 aromatic rings. The number of halogens is 3. The zero-order valence-electron chi connectivity index (χ0n) is 22.2. The fraction of sp³-hybridized carbons (Fsp3) is 0.406. The van der Waals surface area contributed by atoms with Gasteiger partial charge in [0.1, 0.15) is 11.9 Å². The van der Waals surface area contributed by atoms with E-state index in [9.17, 15) is 18.0 Å². The van der Waals surface area contributed by atoms with E-state index in [0.717, 1.165) is 42.5 Å². The topological polar surface area (TPSA) is 29.5 Å². The van der Waals surface area contributed by atoms with Crippen LogP contribution in [0.4, 0.5) is 13.2 Å². The second-order valence-electron chi connectivity index (χ2n) is 10.7. The van der Waals surface area contributed by atoms with Crippen molar-refractivity contribution in [1.29, 1.82) is 0 Å². The van der Waals surface area contributed by atoms with Gasteiger partial charge < -0.3 is 9.64 Å². The molecule has 3 nitrogen and oxygen atoms in total. The third-order valence-corrected chi connectivity index (χ3v) is 7.24. The molecule has 1 heterocycles. The highest BCUT2D eigenvalue weighted by Crippen LogP contribution is 2.36. The Labute approximate surface area is 223 Å². The van der Waals surface area contributed by atoms with Gasteiger partial charge in [-0.1, -0.05) is 68.4 Å². The van der Waals surface area contributed by atoms with Gasteiger partial charge in [-0.2, -0.15) is 13.2 Å². The molecule has 1 fully saturated rings. The van der Waals surface area contributed by atoms with E-state index in [1.54, 1.807) is 0 Å². The summed E-state index contributed by atoms with van der Waals surface area (Å²) in [5.41, 5.74) is 2.50. The molecule has 0 bridgehead atoms. The van der Waals surface area contributed by atoms with Gasteiger partial charge in [-0.3, -0.25) is 4.79 Å². The summed E-state index contributed by atoms with van der Waals surface area (Å²) in [5.74, 6) is 0.769. The number of nitrogens with zero attached hydrogens (tertiary/aromatic N) is 1. The molecule has 1 aliphatic heterocycles. The molecule has 38 heavy (non-hydrogen) atoms. The molecular weight excluding hydrogens is 487 g/mol. The van der Waals surface area contributed by atoms with Crippen LogP contribution in [0.3, 0.4) is 0 Å². The molecule has 3 atom stereocenters. The van der Waals surface area contributed by atoms with Gasteiger partial charge in [0.25, 0.3) is 0 Å². The number of carbonyl (C=O) groups excluding carboxylic acids is 1. The standard InChI is InChI=1S/C32H36F3NO2/c1-22(2)19-24-9-7-12-26(20-24)23(3)31(37)36-18-8-13-27(21-36)30(25-10-5-4-6-11-25)38-29-16-14-28(15-17-29)32(33,34)35/h4-7,9-12,14-17,20,22-23,27,30H,8,13,18-19,21H2,1-3H3/t23?,27-,30+/m0/s1. The molecular formula is C32H36F3NO2. The molecule has 1 saturated heterocycles. The predicted octanol–water partition coefficient (Wildman–Crippen LogP) is 8.07. The number of ether oxygens (including phenoxy) is 1. The van der Waals surface area contributed by atoms with Crippen molar-refractivity contribution >= 4 is 5.91 Å². The van der Waals surface area contributed by atoms with Crippen LogP contribution in [-0.4, -0.2) is 23.9 Å². The van der Waals surface area contributed by atoms with Gasteiger partial charge in [0.05, 0.1) is 11.5 Å². The first kappa shape index (κ1) is 27.7. The lowest BCUT2D eigenvalue weighted by Crippen LogP contribution is -2.44. The Hall–Kier alpha value is -3.28. The summed E-state index contributed by atoms with van der Waals surface area (Å²) in [7, 11) is 0. The molecule has 0 aromatic heterocycles. The van der Waals surface area contributed by atoms with Gasteiger partial charge >= 0.3 is 6.18 Å². The molecule has 0 aliphatic carbocycles. The minimum Gasteiger partial charge on any atom is -0.485 e. The zero-order chi connectivity index (χ0) is 27.3. The number of alkyl halides is 3. The number of benzene rings is 3. The quantitative estimate of drug-likeness (QED) is 0.299. The number of rotatable bonds is 8. The Balaban J connectivity index is 1.52. The van der Waals surface area contributed by atoms with Gasteiger partial charge in [-0.05, 0) is 73.1 Å². The number of hydrogen-bond donors (Lipinski definition) is 0. The Morgan fingerprint density at radius 1 is 0.947 bits per heavy atom. The Morgan fingerprint density at radius 3 is 2.29 bits per heavy atom. The summed E-state index contributed by atoms with van der Waals surface area (Å²) < 4.78 is 45.5. The van der Waals surface area contributed by atoms with Crippen LogP contribution in [0.1, 0.15) is 67.9 Å². The van der Waals surface area contributed by atoms with Crippen LogP contribution >= 0.6 is 0 Å². The highest BCUT2D eigenvalue weighted by molar-refractivity contribution is 5.83. The fourth-order valence-corrected chi connectivity index (χ4v) is 5.28. The lowest BCUT2D eigenvalue weighted by Gasteiger charge is -2.38. The average Bonchev–Trinajstić information content (AvgIpc) is 2.91. The van der Waals surface area contributed by atoms with Gasteiger partial charge in [0, 0.05) is 19.0 Å². The monoisotopic (exact) mass is 523 g/mol. The van der Waals surface area contributed by atoms with Gasteiger partial charge in [-0.25, -0.2) is 0 Å². The van der Waals surface area contributed by atoms with Crippen molar-refractivity contribution in [2.45, 2.75) is 58.2 Å². The molecule has 1 amide bonds. The van der Waals surface area contributed by atoms with Gasteiger partial charge in [-0.15, -0.1) is 0 Å². The van der Waals surface area contributed by atoms with Gasteiger partial charge in [0.2, 0.25) is 5.91 Å². The molecule has 1 unspecified atom stereocenters. The largest absolute Gasteiger partial charge is 0.485 e. The van der Waals surface area contributed by atoms with Crippen LogP contribution in [0.25, 0.3) is 0 Å². The zero-order valence-corrected chi connectivity index (χ0v) is 22.2. The van der Waals surface area contributed by atoms with E-state index in [-0.39, 0.29) is 23.8 Å². The molecule has 0 spiro atoms. The van der Waals surface area contributed by atoms with E-state index in [2.05, 4.69) is 26.0 Å². The molecule has 202 valence electrons. The summed E-state index contributed by atoms with van der Waals surface area (Å²) in [6.45, 7) is 7.56. The van der Waals surface area contributed by atoms with E-state index in [0.29, 0.717) is 24.8 Å². The summed E-state index contributed by atoms with van der Waals surface area (Å²) in [6.07, 6.45) is -2.10. The van der Waals surface area contributed by atoms with Gasteiger partial charge in [0.15, 0.2) is 0 Å². The highest BCUT2D eigenvalue weighted by Gasteiger charge is 2.34. The van der Waals surface area contributed by atoms with E-state index < -0.39 is 11.7 Å². The molecule has 4 rings (SSSR count). The van der Waals surface area contributed by atoms with E-state index in [1.165, 1.54) is 17.7 Å². The highest BCUT2D eigenvalue weighted by atomic mass is 19.4. The van der Waals surface area contributed by atoms with Crippen molar-refractivity contribution in [3.8, 4) is 5.75 Å². The number of hydrogen-bond acceptors (Lipinski definition) is 2. The van der Waals surface area contributed by atoms with Crippen molar-refractivity contribution in [2.24, 2.45) is 11.8 Å². The number of amides is 1. The summed E-state index contributed by atoms with van der Waals surface area (Å²) >= 11 is 0. The number of piperidine rings is 1. The van der Waals surface area contributed by atoms with Crippen LogP contribution in [0.15, 0.2) is 78.9 Å². The first-order chi connectivity index (χ1) is 18.1. The maximum Gasteiger partial charge on any atom is 0.416 e. The SMILES string of the molecule is CC(C)Cc1cccc(C(C)C(=O)N2CCC[C@H]([C@H](Oc3ccc(C(F)(F)F)cc3)c3ccccc3)C2)c1. The minimum absolute atomic E-state index is 0.0110. The van der Waals surface area contributed by atoms with Crippen LogP contribution in [0.5, 0.6) is 5.75 Å². The third kappa shape index (κ3) is 6.97. The molecule has 1 aliphatic rings. The van der Waals surface area contributed by atoms with Crippen LogP contribution in [0, 0.1) is 11.8 Å². The van der Waals surface area contributed by atoms with Crippen LogP contribution in [-0.2, 0) is 17.4 Å². The lowest BCUT2D eigenvalue weighted by atomic mass is 9.87. The van der Waals surface area contributed by atoms with Crippen molar-refractivity contribution in [2.75, 3.05) is 13.1 Å². The molecule has 0 N–H and O–H groups in total. The summed E-state index contributed by atoms with van der Waals surface area (Å²) in [4.78, 5) is 15.5. The second-order valence-corrected chi connectivity index (χ2v) is 10.7. The molecule has 6 heteroatoms. The van der Waals surface area contributed by atoms with Crippen molar-refractivity contribution in [3.05, 3.63) is 101 Å². The lowest BCUT2D eigenvalue weighted by molar-refractivity contribution is -0.137. The average molecular weight is 524 g/mol. The smallest absolute Gasteiger partial charge is 0.416 e. The normalized spacial score (nSPS) is 17.8. The first-order valence-corrected chi connectivity index (χ1v) is 13.4. The van der Waals surface area contributed by atoms with Crippen LogP contribution in [0.2, 0.25) is 0 Å². The van der Waals surface area contributed by atoms with Crippen molar-refractivity contribution in [3.63, 3.8) is 0 Å². The Bertz CT molecular complexity index is 1190. The van der Waals surface area contributed by atoms with E-state index >= 15 is 0 Å². The third-order valence-electron chi connectivity index (χ3n) is 7.24. The second kappa shape index (κ2) is 12.1. The predicted molar refractivity (Wildman–Crippen MR) is 144 cm³/mol. The van der Waals surface area contributed by atoms with Crippen LogP contribution < -0.4 is 4.74 Å². The van der Waals surface area contributed by atoms with Crippen molar-refractivity contribution in [1.82, 2.24) is 4.90 Å². The minimum atomic E-state index is -4.40. The van der Waals surface area contributed by atoms with Crippen molar-refractivity contribution < 1.29 is 22.7 Å². The maximum atomic E-state index is 13.6. The maximum absolute atomic E-state index is 13.6. The Morgan fingerprint density at radius 2 is 1.63 bits per heavy atom. The molecule has 3 aromatic carbocycles.